The highest BCUT2D eigenvalue weighted by Crippen LogP contribution is 2.30. The average molecular weight is 300 g/mol. The van der Waals surface area contributed by atoms with E-state index in [-0.39, 0.29) is 11.7 Å². The summed E-state index contributed by atoms with van der Waals surface area (Å²) >= 11 is 1.83. The summed E-state index contributed by atoms with van der Waals surface area (Å²) in [6, 6.07) is 3.39. The molecule has 1 saturated heterocycles. The zero-order valence-electron chi connectivity index (χ0n) is 12.2. The van der Waals surface area contributed by atoms with Crippen LogP contribution in [0.1, 0.15) is 25.8 Å². The van der Waals surface area contributed by atoms with E-state index in [1.807, 2.05) is 25.6 Å². The molecule has 1 atom stereocenters. The summed E-state index contributed by atoms with van der Waals surface area (Å²) in [5.41, 5.74) is 0.748. The summed E-state index contributed by atoms with van der Waals surface area (Å²) in [7, 11) is 1.78. The Hall–Kier alpha value is -0.810. The summed E-state index contributed by atoms with van der Waals surface area (Å²) in [5, 5.41) is 3.17. The molecule has 0 aromatic heterocycles. The molecule has 1 fully saturated rings. The van der Waals surface area contributed by atoms with Crippen LogP contribution in [0.4, 0.5) is 14.5 Å². The Bertz CT molecular complexity index is 436. The number of halogens is 2. The number of hydrogen-bond donors (Lipinski definition) is 1. The van der Waals surface area contributed by atoms with Gasteiger partial charge in [-0.3, -0.25) is 0 Å². The van der Waals surface area contributed by atoms with Crippen molar-refractivity contribution in [1.82, 2.24) is 5.32 Å². The van der Waals surface area contributed by atoms with E-state index in [4.69, 9.17) is 0 Å². The molecule has 2 nitrogen and oxygen atoms in total. The molecule has 0 aliphatic carbocycles. The summed E-state index contributed by atoms with van der Waals surface area (Å²) < 4.78 is 28.4. The van der Waals surface area contributed by atoms with E-state index in [1.165, 1.54) is 12.1 Å². The Morgan fingerprint density at radius 2 is 2.00 bits per heavy atom. The second kappa shape index (κ2) is 6.76. The van der Waals surface area contributed by atoms with E-state index in [9.17, 15) is 8.78 Å². The third-order valence-electron chi connectivity index (χ3n) is 3.60. The van der Waals surface area contributed by atoms with E-state index in [0.29, 0.717) is 18.2 Å². The van der Waals surface area contributed by atoms with Gasteiger partial charge in [-0.15, -0.1) is 0 Å². The van der Waals surface area contributed by atoms with Gasteiger partial charge in [0.25, 0.3) is 0 Å². The minimum atomic E-state index is -0.468. The van der Waals surface area contributed by atoms with Crippen LogP contribution in [-0.4, -0.2) is 30.6 Å². The van der Waals surface area contributed by atoms with Gasteiger partial charge >= 0.3 is 0 Å². The van der Waals surface area contributed by atoms with Crippen LogP contribution < -0.4 is 10.2 Å². The van der Waals surface area contributed by atoms with Gasteiger partial charge in [0, 0.05) is 31.4 Å². The third kappa shape index (κ3) is 3.64. The molecule has 1 aromatic carbocycles. The molecule has 0 radical (unpaired) electrons. The Morgan fingerprint density at radius 3 is 2.50 bits per heavy atom. The molecule has 1 unspecified atom stereocenters. The van der Waals surface area contributed by atoms with Gasteiger partial charge < -0.3 is 10.2 Å². The van der Waals surface area contributed by atoms with E-state index in [2.05, 4.69) is 5.32 Å². The van der Waals surface area contributed by atoms with Crippen molar-refractivity contribution in [2.45, 2.75) is 38.9 Å². The normalized spacial score (nSPS) is 18.8. The molecule has 0 bridgehead atoms. The van der Waals surface area contributed by atoms with Crippen molar-refractivity contribution in [3.05, 3.63) is 29.3 Å². The van der Waals surface area contributed by atoms with E-state index < -0.39 is 11.6 Å². The molecule has 20 heavy (non-hydrogen) atoms. The maximum atomic E-state index is 14.2. The van der Waals surface area contributed by atoms with Gasteiger partial charge in [0.1, 0.15) is 17.3 Å². The van der Waals surface area contributed by atoms with Gasteiger partial charge in [-0.1, -0.05) is 13.8 Å². The Labute approximate surface area is 123 Å². The molecule has 1 aliphatic heterocycles. The minimum Gasteiger partial charge on any atom is -0.366 e. The van der Waals surface area contributed by atoms with Crippen molar-refractivity contribution in [2.75, 3.05) is 23.5 Å². The highest BCUT2D eigenvalue weighted by molar-refractivity contribution is 7.99. The zero-order chi connectivity index (χ0) is 14.7. The van der Waals surface area contributed by atoms with Crippen molar-refractivity contribution < 1.29 is 8.78 Å². The van der Waals surface area contributed by atoms with E-state index in [1.54, 1.807) is 11.9 Å². The van der Waals surface area contributed by atoms with E-state index >= 15 is 0 Å². The zero-order valence-corrected chi connectivity index (χ0v) is 13.1. The van der Waals surface area contributed by atoms with Gasteiger partial charge in [0.05, 0.1) is 0 Å². The Morgan fingerprint density at radius 1 is 1.35 bits per heavy atom. The first-order valence-electron chi connectivity index (χ1n) is 7.01. The van der Waals surface area contributed by atoms with Gasteiger partial charge in [-0.25, -0.2) is 8.78 Å². The molecule has 0 saturated carbocycles. The molecule has 1 aromatic rings. The lowest BCUT2D eigenvalue weighted by Crippen LogP contribution is -2.33. The molecule has 1 N–H and O–H groups in total. The largest absolute Gasteiger partial charge is 0.366 e. The van der Waals surface area contributed by atoms with E-state index in [0.717, 1.165) is 17.9 Å². The van der Waals surface area contributed by atoms with Crippen molar-refractivity contribution in [2.24, 2.45) is 0 Å². The van der Waals surface area contributed by atoms with Gasteiger partial charge in [0.15, 0.2) is 0 Å². The summed E-state index contributed by atoms with van der Waals surface area (Å²) in [4.78, 5) is 1.75. The molecule has 1 heterocycles. The molecular weight excluding hydrogens is 278 g/mol. The molecular formula is C15H22F2N2S. The van der Waals surface area contributed by atoms with Crippen molar-refractivity contribution in [3.8, 4) is 0 Å². The SMILES string of the molecule is CC(C)NCc1cc(F)c(N(C)C2CCSC2)c(F)c1. The molecule has 112 valence electrons. The first kappa shape index (κ1) is 15.6. The maximum absolute atomic E-state index is 14.2. The number of hydrogen-bond acceptors (Lipinski definition) is 3. The number of nitrogens with zero attached hydrogens (tertiary/aromatic N) is 1. The van der Waals surface area contributed by atoms with Crippen LogP contribution in [0.25, 0.3) is 0 Å². The topological polar surface area (TPSA) is 15.3 Å². The number of benzene rings is 1. The Kier molecular flexibility index (Phi) is 5.27. The lowest BCUT2D eigenvalue weighted by atomic mass is 10.1. The first-order valence-corrected chi connectivity index (χ1v) is 8.16. The van der Waals surface area contributed by atoms with Crippen LogP contribution >= 0.6 is 11.8 Å². The maximum Gasteiger partial charge on any atom is 0.149 e. The lowest BCUT2D eigenvalue weighted by Gasteiger charge is -2.27. The van der Waals surface area contributed by atoms with Crippen LogP contribution in [0.3, 0.4) is 0 Å². The summed E-state index contributed by atoms with van der Waals surface area (Å²) in [5.74, 6) is 1.07. The van der Waals surface area contributed by atoms with Crippen molar-refractivity contribution in [3.63, 3.8) is 0 Å². The number of thioether (sulfide) groups is 1. The van der Waals surface area contributed by atoms with Crippen LogP contribution in [0.2, 0.25) is 0 Å². The monoisotopic (exact) mass is 300 g/mol. The fraction of sp³-hybridized carbons (Fsp3) is 0.600. The Balaban J connectivity index is 2.17. The minimum absolute atomic E-state index is 0.103. The molecule has 1 aliphatic rings. The van der Waals surface area contributed by atoms with Gasteiger partial charge in [0.2, 0.25) is 0 Å². The number of anilines is 1. The van der Waals surface area contributed by atoms with Crippen LogP contribution in [0, 0.1) is 11.6 Å². The fourth-order valence-corrected chi connectivity index (χ4v) is 3.66. The molecule has 0 spiro atoms. The standard InChI is InChI=1S/C15H22F2N2S/c1-10(2)18-8-11-6-13(16)15(14(17)7-11)19(3)12-4-5-20-9-12/h6-7,10,12,18H,4-5,8-9H2,1-3H3. The highest BCUT2D eigenvalue weighted by atomic mass is 32.2. The predicted molar refractivity (Wildman–Crippen MR) is 82.5 cm³/mol. The van der Waals surface area contributed by atoms with Crippen LogP contribution in [0.5, 0.6) is 0 Å². The van der Waals surface area contributed by atoms with Crippen molar-refractivity contribution >= 4 is 17.4 Å². The average Bonchev–Trinajstić information content (AvgIpc) is 2.89. The van der Waals surface area contributed by atoms with Crippen molar-refractivity contribution in [1.29, 1.82) is 0 Å². The summed E-state index contributed by atoms with van der Waals surface area (Å²) in [6.07, 6.45) is 0.983. The number of nitrogens with one attached hydrogen (secondary N) is 1. The van der Waals surface area contributed by atoms with Gasteiger partial charge in [-0.2, -0.15) is 11.8 Å². The third-order valence-corrected chi connectivity index (χ3v) is 4.74. The molecule has 0 amide bonds. The quantitative estimate of drug-likeness (QED) is 0.897. The highest BCUT2D eigenvalue weighted by Gasteiger charge is 2.25. The fourth-order valence-electron chi connectivity index (χ4n) is 2.39. The number of rotatable bonds is 5. The van der Waals surface area contributed by atoms with Gasteiger partial charge in [-0.05, 0) is 29.9 Å². The molecule has 5 heteroatoms. The summed E-state index contributed by atoms with van der Waals surface area (Å²) in [6.45, 7) is 4.49. The smallest absolute Gasteiger partial charge is 0.149 e. The lowest BCUT2D eigenvalue weighted by molar-refractivity contribution is 0.549. The second-order valence-electron chi connectivity index (χ2n) is 5.57. The second-order valence-corrected chi connectivity index (χ2v) is 6.72. The first-order chi connectivity index (χ1) is 9.49. The predicted octanol–water partition coefficient (Wildman–Crippen LogP) is 3.40. The van der Waals surface area contributed by atoms with Crippen LogP contribution in [0.15, 0.2) is 12.1 Å². The molecule has 2 rings (SSSR count). The van der Waals surface area contributed by atoms with Crippen LogP contribution in [-0.2, 0) is 6.54 Å².